The number of unbranched alkanes of at least 4 members (excludes halogenated alkanes) is 7. The molecule has 34 heavy (non-hydrogen) atoms. The Morgan fingerprint density at radius 2 is 0.912 bits per heavy atom. The molecule has 0 aromatic carbocycles. The lowest BCUT2D eigenvalue weighted by Gasteiger charge is -2.35. The summed E-state index contributed by atoms with van der Waals surface area (Å²) in [6.07, 6.45) is 22.1. The molecule has 0 spiro atoms. The van der Waals surface area contributed by atoms with Crippen molar-refractivity contribution in [2.75, 3.05) is 0 Å². The first-order chi connectivity index (χ1) is 16.5. The predicted molar refractivity (Wildman–Crippen MR) is 142 cm³/mol. The van der Waals surface area contributed by atoms with Crippen LogP contribution in [0.15, 0.2) is 0 Å². The smallest absolute Gasteiger partial charge is 0.0930 e. The van der Waals surface area contributed by atoms with Crippen molar-refractivity contribution in [3.63, 3.8) is 0 Å². The van der Waals surface area contributed by atoms with Crippen LogP contribution in [0.1, 0.15) is 143 Å². The molecule has 2 N–H and O–H groups in total. The number of rotatable bonds is 17. The van der Waals surface area contributed by atoms with Crippen molar-refractivity contribution >= 4 is 0 Å². The molecule has 0 aliphatic heterocycles. The van der Waals surface area contributed by atoms with E-state index in [1.54, 1.807) is 0 Å². The van der Waals surface area contributed by atoms with Gasteiger partial charge in [0.1, 0.15) is 0 Å². The summed E-state index contributed by atoms with van der Waals surface area (Å²) in [5, 5.41) is 18.8. The van der Waals surface area contributed by atoms with Crippen molar-refractivity contribution in [1.82, 2.24) is 0 Å². The lowest BCUT2D eigenvalue weighted by molar-refractivity contribution is -0.284. The Morgan fingerprint density at radius 3 is 1.26 bits per heavy atom. The van der Waals surface area contributed by atoms with Gasteiger partial charge in [-0.1, -0.05) is 118 Å². The topological polar surface area (TPSA) is 58.9 Å². The van der Waals surface area contributed by atoms with E-state index in [1.165, 1.54) is 77.0 Å². The minimum atomic E-state index is 0.0271. The van der Waals surface area contributed by atoms with Crippen LogP contribution in [0.5, 0.6) is 0 Å². The van der Waals surface area contributed by atoms with Gasteiger partial charge in [-0.05, 0) is 61.2 Å². The fourth-order valence-electron chi connectivity index (χ4n) is 6.96. The van der Waals surface area contributed by atoms with Crippen LogP contribution in [0.2, 0.25) is 0 Å². The number of hydrogen-bond donors (Lipinski definition) is 2. The van der Waals surface area contributed by atoms with Gasteiger partial charge in [-0.15, -0.1) is 0 Å². The molecular formula is C30H58O4. The maximum absolute atomic E-state index is 9.38. The Morgan fingerprint density at radius 1 is 0.559 bits per heavy atom. The van der Waals surface area contributed by atoms with Gasteiger partial charge in [-0.2, -0.15) is 0 Å². The van der Waals surface area contributed by atoms with Crippen LogP contribution in [-0.4, -0.2) is 22.7 Å². The van der Waals surface area contributed by atoms with E-state index in [4.69, 9.17) is 9.78 Å². The molecule has 2 saturated carbocycles. The van der Waals surface area contributed by atoms with E-state index in [2.05, 4.69) is 27.7 Å². The summed E-state index contributed by atoms with van der Waals surface area (Å²) in [6.45, 7) is 9.53. The predicted octanol–water partition coefficient (Wildman–Crippen LogP) is 9.53. The zero-order valence-corrected chi connectivity index (χ0v) is 23.1. The monoisotopic (exact) mass is 482 g/mol. The van der Waals surface area contributed by atoms with Gasteiger partial charge in [0.05, 0.1) is 12.2 Å². The number of hydrogen-bond acceptors (Lipinski definition) is 4. The van der Waals surface area contributed by atoms with Crippen LogP contribution < -0.4 is 0 Å². The van der Waals surface area contributed by atoms with Crippen molar-refractivity contribution in [2.45, 2.75) is 155 Å². The SMILES string of the molecule is CC1CCCC(CC(CCCCCCCCCCC(CC2CCCC(C)C2C)OO)OO)C1C. The highest BCUT2D eigenvalue weighted by atomic mass is 17.1. The molecule has 0 aromatic rings. The van der Waals surface area contributed by atoms with Crippen LogP contribution in [0, 0.1) is 35.5 Å². The first-order valence-corrected chi connectivity index (χ1v) is 15.1. The van der Waals surface area contributed by atoms with Crippen LogP contribution in [0.4, 0.5) is 0 Å². The first-order valence-electron chi connectivity index (χ1n) is 15.1. The van der Waals surface area contributed by atoms with Gasteiger partial charge in [0.2, 0.25) is 0 Å². The highest BCUT2D eigenvalue weighted by molar-refractivity contribution is 4.80. The lowest BCUT2D eigenvalue weighted by Crippen LogP contribution is -2.28. The molecule has 2 aliphatic carbocycles. The zero-order chi connectivity index (χ0) is 24.8. The molecule has 0 saturated heterocycles. The highest BCUT2D eigenvalue weighted by Crippen LogP contribution is 2.38. The third-order valence-corrected chi connectivity index (χ3v) is 9.98. The van der Waals surface area contributed by atoms with E-state index in [1.807, 2.05) is 0 Å². The summed E-state index contributed by atoms with van der Waals surface area (Å²) < 4.78 is 0. The van der Waals surface area contributed by atoms with Gasteiger partial charge in [0, 0.05) is 0 Å². The molecule has 2 aliphatic rings. The van der Waals surface area contributed by atoms with Gasteiger partial charge >= 0.3 is 0 Å². The molecule has 2 rings (SSSR count). The van der Waals surface area contributed by atoms with Crippen LogP contribution in [-0.2, 0) is 9.78 Å². The fourth-order valence-corrected chi connectivity index (χ4v) is 6.96. The lowest BCUT2D eigenvalue weighted by atomic mass is 9.71. The van der Waals surface area contributed by atoms with Gasteiger partial charge < -0.3 is 0 Å². The Hall–Kier alpha value is -0.160. The van der Waals surface area contributed by atoms with Crippen LogP contribution in [0.3, 0.4) is 0 Å². The van der Waals surface area contributed by atoms with Crippen molar-refractivity contribution in [1.29, 1.82) is 0 Å². The molecule has 0 heterocycles. The second-order valence-electron chi connectivity index (χ2n) is 12.4. The maximum atomic E-state index is 9.38. The van der Waals surface area contributed by atoms with E-state index in [0.29, 0.717) is 11.8 Å². The zero-order valence-electron chi connectivity index (χ0n) is 23.1. The van der Waals surface area contributed by atoms with E-state index >= 15 is 0 Å². The van der Waals surface area contributed by atoms with Gasteiger partial charge in [0.25, 0.3) is 0 Å². The molecule has 8 atom stereocenters. The molecule has 0 aromatic heterocycles. The van der Waals surface area contributed by atoms with E-state index in [-0.39, 0.29) is 12.2 Å². The average molecular weight is 483 g/mol. The minimum Gasteiger partial charge on any atom is -0.252 e. The molecule has 0 radical (unpaired) electrons. The average Bonchev–Trinajstić information content (AvgIpc) is 2.83. The Bertz CT molecular complexity index is 454. The summed E-state index contributed by atoms with van der Waals surface area (Å²) >= 11 is 0. The Kier molecular flexibility index (Phi) is 15.3. The van der Waals surface area contributed by atoms with Crippen LogP contribution >= 0.6 is 0 Å². The minimum absolute atomic E-state index is 0.0271. The molecule has 8 unspecified atom stereocenters. The highest BCUT2D eigenvalue weighted by Gasteiger charge is 2.30. The van der Waals surface area contributed by atoms with E-state index in [0.717, 1.165) is 62.2 Å². The summed E-state index contributed by atoms with van der Waals surface area (Å²) in [4.78, 5) is 9.74. The molecule has 4 nitrogen and oxygen atoms in total. The molecular weight excluding hydrogens is 424 g/mol. The molecule has 0 bridgehead atoms. The van der Waals surface area contributed by atoms with Crippen LogP contribution in [0.25, 0.3) is 0 Å². The van der Waals surface area contributed by atoms with Gasteiger partial charge in [0.15, 0.2) is 0 Å². The Balaban J connectivity index is 1.45. The van der Waals surface area contributed by atoms with Crippen molar-refractivity contribution in [3.8, 4) is 0 Å². The maximum Gasteiger partial charge on any atom is 0.0930 e. The quantitative estimate of drug-likeness (QED) is 0.123. The normalized spacial score (nSPS) is 31.9. The van der Waals surface area contributed by atoms with E-state index < -0.39 is 0 Å². The molecule has 4 heteroatoms. The second-order valence-corrected chi connectivity index (χ2v) is 12.4. The Labute approximate surface area is 211 Å². The molecule has 0 amide bonds. The molecule has 2 fully saturated rings. The summed E-state index contributed by atoms with van der Waals surface area (Å²) in [6, 6.07) is 0. The molecule has 202 valence electrons. The van der Waals surface area contributed by atoms with Crippen molar-refractivity contribution < 1.29 is 20.3 Å². The van der Waals surface area contributed by atoms with Gasteiger partial charge in [-0.3, -0.25) is 10.5 Å². The van der Waals surface area contributed by atoms with Crippen molar-refractivity contribution in [2.24, 2.45) is 35.5 Å². The summed E-state index contributed by atoms with van der Waals surface area (Å²) in [5.74, 6) is 4.56. The van der Waals surface area contributed by atoms with E-state index in [9.17, 15) is 10.5 Å². The summed E-state index contributed by atoms with van der Waals surface area (Å²) in [7, 11) is 0. The third kappa shape index (κ3) is 10.8. The van der Waals surface area contributed by atoms with Gasteiger partial charge in [-0.25, -0.2) is 9.78 Å². The van der Waals surface area contributed by atoms with Crippen molar-refractivity contribution in [3.05, 3.63) is 0 Å². The standard InChI is InChI=1S/C30H58O4/c1-23-15-13-17-27(25(23)3)21-29(33-31)19-11-9-7-5-6-8-10-12-20-30(34-32)22-28-18-14-16-24(2)26(28)4/h23-32H,5-22H2,1-4H3. The third-order valence-electron chi connectivity index (χ3n) is 9.98. The fraction of sp³-hybridized carbons (Fsp3) is 1.00. The summed E-state index contributed by atoms with van der Waals surface area (Å²) in [5.41, 5.74) is 0. The first kappa shape index (κ1) is 30.1. The second kappa shape index (κ2) is 17.3. The largest absolute Gasteiger partial charge is 0.252 e.